The van der Waals surface area contributed by atoms with Gasteiger partial charge in [-0.3, -0.25) is 9.59 Å². The number of benzene rings is 2. The molecule has 6 heteroatoms. The Bertz CT molecular complexity index is 783. The van der Waals surface area contributed by atoms with Crippen LogP contribution in [0.15, 0.2) is 53.4 Å². The van der Waals surface area contributed by atoms with Crippen LogP contribution in [0.25, 0.3) is 0 Å². The Labute approximate surface area is 164 Å². The molecule has 2 aromatic carbocycles. The molecule has 0 aliphatic rings. The van der Waals surface area contributed by atoms with Gasteiger partial charge in [0.2, 0.25) is 11.8 Å². The van der Waals surface area contributed by atoms with Crippen molar-refractivity contribution in [2.75, 3.05) is 17.7 Å². The molecular formula is C21H26N2O3S. The monoisotopic (exact) mass is 386 g/mol. The van der Waals surface area contributed by atoms with Crippen LogP contribution in [-0.2, 0) is 15.0 Å². The van der Waals surface area contributed by atoms with Crippen molar-refractivity contribution in [2.24, 2.45) is 5.73 Å². The van der Waals surface area contributed by atoms with E-state index in [1.807, 2.05) is 18.2 Å². The lowest BCUT2D eigenvalue weighted by molar-refractivity contribution is -0.118. The maximum absolute atomic E-state index is 12.3. The van der Waals surface area contributed by atoms with Crippen molar-refractivity contribution in [2.45, 2.75) is 37.5 Å². The summed E-state index contributed by atoms with van der Waals surface area (Å²) in [6.07, 6.45) is 0.128. The second kappa shape index (κ2) is 9.46. The van der Waals surface area contributed by atoms with Crippen molar-refractivity contribution < 1.29 is 14.3 Å². The molecule has 0 atom stereocenters. The van der Waals surface area contributed by atoms with Crippen LogP contribution in [0.5, 0.6) is 5.75 Å². The van der Waals surface area contributed by atoms with E-state index in [2.05, 4.69) is 38.2 Å². The zero-order chi connectivity index (χ0) is 19.9. The summed E-state index contributed by atoms with van der Waals surface area (Å²) >= 11 is 1.48. The lowest BCUT2D eigenvalue weighted by Crippen LogP contribution is -2.17. The third-order valence-electron chi connectivity index (χ3n) is 3.86. The predicted molar refractivity (Wildman–Crippen MR) is 110 cm³/mol. The highest BCUT2D eigenvalue weighted by atomic mass is 32.2. The van der Waals surface area contributed by atoms with E-state index >= 15 is 0 Å². The number of nitrogens with one attached hydrogen (secondary N) is 1. The van der Waals surface area contributed by atoms with E-state index in [0.29, 0.717) is 17.2 Å². The number of nitrogens with two attached hydrogens (primary N) is 1. The minimum Gasteiger partial charge on any atom is -0.491 e. The Morgan fingerprint density at radius 3 is 2.37 bits per heavy atom. The second-order valence-corrected chi connectivity index (χ2v) is 8.22. The molecule has 0 bridgehead atoms. The molecule has 144 valence electrons. The normalized spacial score (nSPS) is 11.1. The SMILES string of the molecule is CC(C)(C)c1ccc(SCC(=O)Nc2ccccc2OCCC(N)=O)cc1. The topological polar surface area (TPSA) is 81.4 Å². The minimum atomic E-state index is -0.426. The summed E-state index contributed by atoms with van der Waals surface area (Å²) in [4.78, 5) is 24.1. The van der Waals surface area contributed by atoms with Crippen LogP contribution in [-0.4, -0.2) is 24.2 Å². The van der Waals surface area contributed by atoms with Gasteiger partial charge in [0.1, 0.15) is 5.75 Å². The van der Waals surface area contributed by atoms with Crippen LogP contribution in [0, 0.1) is 0 Å². The maximum atomic E-state index is 12.3. The fourth-order valence-electron chi connectivity index (χ4n) is 2.34. The molecule has 0 spiro atoms. The number of rotatable bonds is 8. The number of thioether (sulfide) groups is 1. The number of ether oxygens (including phenoxy) is 1. The Morgan fingerprint density at radius 1 is 1.07 bits per heavy atom. The van der Waals surface area contributed by atoms with Gasteiger partial charge < -0.3 is 15.8 Å². The van der Waals surface area contributed by atoms with Crippen LogP contribution >= 0.6 is 11.8 Å². The Balaban J connectivity index is 1.89. The highest BCUT2D eigenvalue weighted by molar-refractivity contribution is 8.00. The quantitative estimate of drug-likeness (QED) is 0.673. The number of hydrogen-bond acceptors (Lipinski definition) is 4. The van der Waals surface area contributed by atoms with Gasteiger partial charge >= 0.3 is 0 Å². The van der Waals surface area contributed by atoms with Gasteiger partial charge in [0.05, 0.1) is 24.5 Å². The number of hydrogen-bond donors (Lipinski definition) is 2. The van der Waals surface area contributed by atoms with Crippen LogP contribution in [0.3, 0.4) is 0 Å². The molecule has 5 nitrogen and oxygen atoms in total. The molecule has 0 aromatic heterocycles. The van der Waals surface area contributed by atoms with Gasteiger partial charge in [0.25, 0.3) is 0 Å². The van der Waals surface area contributed by atoms with Crippen molar-refractivity contribution in [1.29, 1.82) is 0 Å². The van der Waals surface area contributed by atoms with Crippen molar-refractivity contribution in [3.8, 4) is 5.75 Å². The average Bonchev–Trinajstić information content (AvgIpc) is 2.61. The zero-order valence-electron chi connectivity index (χ0n) is 16.0. The van der Waals surface area contributed by atoms with Crippen molar-refractivity contribution >= 4 is 29.3 Å². The van der Waals surface area contributed by atoms with Gasteiger partial charge in [0.15, 0.2) is 0 Å². The van der Waals surface area contributed by atoms with Crippen LogP contribution in [0.1, 0.15) is 32.8 Å². The van der Waals surface area contributed by atoms with Gasteiger partial charge in [-0.2, -0.15) is 0 Å². The van der Waals surface area contributed by atoms with Crippen LogP contribution in [0.4, 0.5) is 5.69 Å². The van der Waals surface area contributed by atoms with E-state index in [4.69, 9.17) is 10.5 Å². The summed E-state index contributed by atoms with van der Waals surface area (Å²) in [5.41, 5.74) is 7.06. The Hall–Kier alpha value is -2.47. The number of anilines is 1. The lowest BCUT2D eigenvalue weighted by atomic mass is 9.87. The molecule has 0 aliphatic heterocycles. The number of para-hydroxylation sites is 2. The molecule has 0 radical (unpaired) electrons. The molecule has 2 rings (SSSR count). The van der Waals surface area contributed by atoms with Crippen LogP contribution in [0.2, 0.25) is 0 Å². The molecule has 0 heterocycles. The van der Waals surface area contributed by atoms with E-state index < -0.39 is 5.91 Å². The minimum absolute atomic E-state index is 0.110. The molecule has 0 fully saturated rings. The smallest absolute Gasteiger partial charge is 0.234 e. The number of carbonyl (C=O) groups is 2. The van der Waals surface area contributed by atoms with Gasteiger partial charge in [-0.1, -0.05) is 45.0 Å². The van der Waals surface area contributed by atoms with E-state index in [0.717, 1.165) is 4.90 Å². The molecule has 3 N–H and O–H groups in total. The molecule has 2 amide bonds. The molecule has 27 heavy (non-hydrogen) atoms. The zero-order valence-corrected chi connectivity index (χ0v) is 16.8. The van der Waals surface area contributed by atoms with Gasteiger partial charge in [-0.15, -0.1) is 11.8 Å². The molecule has 2 aromatic rings. The van der Waals surface area contributed by atoms with E-state index in [-0.39, 0.29) is 24.3 Å². The highest BCUT2D eigenvalue weighted by Gasteiger charge is 2.13. The fourth-order valence-corrected chi connectivity index (χ4v) is 3.04. The average molecular weight is 387 g/mol. The molecule has 0 saturated heterocycles. The second-order valence-electron chi connectivity index (χ2n) is 7.17. The molecule has 0 saturated carbocycles. The molecule has 0 unspecified atom stereocenters. The van der Waals surface area contributed by atoms with Crippen LogP contribution < -0.4 is 15.8 Å². The lowest BCUT2D eigenvalue weighted by Gasteiger charge is -2.19. The van der Waals surface area contributed by atoms with Gasteiger partial charge in [-0.25, -0.2) is 0 Å². The van der Waals surface area contributed by atoms with Gasteiger partial charge in [-0.05, 0) is 35.2 Å². The fraction of sp³-hybridized carbons (Fsp3) is 0.333. The summed E-state index contributed by atoms with van der Waals surface area (Å²) in [5, 5.41) is 2.85. The maximum Gasteiger partial charge on any atom is 0.234 e. The first-order valence-electron chi connectivity index (χ1n) is 8.79. The van der Waals surface area contributed by atoms with E-state index in [1.54, 1.807) is 18.2 Å². The first kappa shape index (κ1) is 20.8. The third-order valence-corrected chi connectivity index (χ3v) is 4.87. The number of primary amides is 1. The van der Waals surface area contributed by atoms with Crippen molar-refractivity contribution in [3.05, 3.63) is 54.1 Å². The predicted octanol–water partition coefficient (Wildman–Crippen LogP) is 3.97. The summed E-state index contributed by atoms with van der Waals surface area (Å²) < 4.78 is 5.53. The van der Waals surface area contributed by atoms with E-state index in [9.17, 15) is 9.59 Å². The van der Waals surface area contributed by atoms with Crippen molar-refractivity contribution in [1.82, 2.24) is 0 Å². The standard InChI is InChI=1S/C21H26N2O3S/c1-21(2,3)15-8-10-16(11-9-15)27-14-20(25)23-17-6-4-5-7-18(17)26-13-12-19(22)24/h4-11H,12-14H2,1-3H3,(H2,22,24)(H,23,25). The Kier molecular flexibility index (Phi) is 7.30. The number of carbonyl (C=O) groups excluding carboxylic acids is 2. The molecule has 0 aliphatic carbocycles. The summed E-state index contributed by atoms with van der Waals surface area (Å²) in [6.45, 7) is 6.69. The third kappa shape index (κ3) is 6.98. The first-order chi connectivity index (χ1) is 12.8. The van der Waals surface area contributed by atoms with E-state index in [1.165, 1.54) is 17.3 Å². The highest BCUT2D eigenvalue weighted by Crippen LogP contribution is 2.27. The van der Waals surface area contributed by atoms with Crippen molar-refractivity contribution in [3.63, 3.8) is 0 Å². The largest absolute Gasteiger partial charge is 0.491 e. The molecular weight excluding hydrogens is 360 g/mol. The summed E-state index contributed by atoms with van der Waals surface area (Å²) in [6, 6.07) is 15.4. The number of amides is 2. The van der Waals surface area contributed by atoms with Gasteiger partial charge in [0, 0.05) is 4.90 Å². The summed E-state index contributed by atoms with van der Waals surface area (Å²) in [5.74, 6) is 0.271. The first-order valence-corrected chi connectivity index (χ1v) is 9.77. The summed E-state index contributed by atoms with van der Waals surface area (Å²) in [7, 11) is 0. The Morgan fingerprint density at radius 2 is 1.74 bits per heavy atom.